The van der Waals surface area contributed by atoms with Gasteiger partial charge in [0.2, 0.25) is 0 Å². The number of hydrogen-bond acceptors (Lipinski definition) is 3. The van der Waals surface area contributed by atoms with Crippen molar-refractivity contribution >= 4 is 18.2 Å². The van der Waals surface area contributed by atoms with Crippen molar-refractivity contribution in [2.24, 2.45) is 4.99 Å². The van der Waals surface area contributed by atoms with Gasteiger partial charge in [0.05, 0.1) is 0 Å². The number of allylic oxidation sites excluding steroid dienone is 1. The summed E-state index contributed by atoms with van der Waals surface area (Å²) < 4.78 is 4.95. The van der Waals surface area contributed by atoms with Crippen molar-refractivity contribution in [1.29, 1.82) is 0 Å². The molecule has 0 radical (unpaired) electrons. The summed E-state index contributed by atoms with van der Waals surface area (Å²) in [6, 6.07) is 0. The number of alkyl carbamates (subject to hydrolysis) is 1. The molecule has 0 unspecified atom stereocenters. The highest BCUT2D eigenvalue weighted by Gasteiger charge is 2.20. The molecule has 1 aliphatic heterocycles. The van der Waals surface area contributed by atoms with Crippen LogP contribution in [0.15, 0.2) is 16.8 Å². The molecule has 0 aromatic rings. The number of hydrogen-bond donors (Lipinski definition) is 1. The molecule has 0 saturated carbocycles. The summed E-state index contributed by atoms with van der Waals surface area (Å²) in [6.07, 6.45) is 2.10. The highest BCUT2D eigenvalue weighted by atomic mass is 16.6. The third-order valence-electron chi connectivity index (χ3n) is 1.30. The van der Waals surface area contributed by atoms with Gasteiger partial charge in [-0.1, -0.05) is 0 Å². The van der Waals surface area contributed by atoms with Crippen molar-refractivity contribution in [2.45, 2.75) is 26.4 Å². The Morgan fingerprint density at radius 2 is 2.14 bits per heavy atom. The molecule has 0 aliphatic carbocycles. The Balaban J connectivity index is 2.47. The van der Waals surface area contributed by atoms with E-state index >= 15 is 0 Å². The fourth-order valence-electron chi connectivity index (χ4n) is 0.829. The molecule has 1 heterocycles. The Hall–Kier alpha value is -1.65. The molecule has 0 saturated heterocycles. The van der Waals surface area contributed by atoms with Gasteiger partial charge in [0, 0.05) is 6.21 Å². The average molecular weight is 196 g/mol. The van der Waals surface area contributed by atoms with E-state index in [1.54, 1.807) is 20.8 Å². The van der Waals surface area contributed by atoms with Crippen molar-refractivity contribution < 1.29 is 14.3 Å². The van der Waals surface area contributed by atoms with E-state index in [-0.39, 0.29) is 5.70 Å². The van der Waals surface area contributed by atoms with Crippen LogP contribution in [0.5, 0.6) is 0 Å². The zero-order chi connectivity index (χ0) is 10.8. The second-order valence-corrected chi connectivity index (χ2v) is 3.79. The standard InChI is InChI=1S/C9H12N2O3/c1-9(2,3)14-8(13)11-6-4-5-10-7(6)12/h4-5H,1-3H3,(H,10,11,12,13). The molecule has 0 aromatic carbocycles. The molecule has 1 rings (SSSR count). The van der Waals surface area contributed by atoms with Gasteiger partial charge in [0.15, 0.2) is 0 Å². The molecule has 14 heavy (non-hydrogen) atoms. The molecular weight excluding hydrogens is 184 g/mol. The van der Waals surface area contributed by atoms with Crippen LogP contribution in [0.25, 0.3) is 0 Å². The normalized spacial score (nSPS) is 15.4. The maximum Gasteiger partial charge on any atom is 0.412 e. The fraction of sp³-hybridized carbons (Fsp3) is 0.444. The van der Waals surface area contributed by atoms with E-state index in [1.165, 1.54) is 12.3 Å². The number of carbonyl (C=O) groups excluding carboxylic acids is 2. The SMILES string of the molecule is CC(C)(C)OC(=O)NC1=CC=NC1=O. The van der Waals surface area contributed by atoms with E-state index < -0.39 is 17.6 Å². The van der Waals surface area contributed by atoms with Crippen molar-refractivity contribution in [1.82, 2.24) is 5.32 Å². The lowest BCUT2D eigenvalue weighted by molar-refractivity contribution is -0.114. The van der Waals surface area contributed by atoms with Gasteiger partial charge < -0.3 is 4.74 Å². The second kappa shape index (κ2) is 3.61. The van der Waals surface area contributed by atoms with Crippen molar-refractivity contribution in [3.63, 3.8) is 0 Å². The summed E-state index contributed by atoms with van der Waals surface area (Å²) in [5.41, 5.74) is -0.438. The first-order valence-corrected chi connectivity index (χ1v) is 4.17. The molecule has 0 atom stereocenters. The van der Waals surface area contributed by atoms with Crippen molar-refractivity contribution in [3.8, 4) is 0 Å². The lowest BCUT2D eigenvalue weighted by Gasteiger charge is -2.19. The van der Waals surface area contributed by atoms with E-state index in [2.05, 4.69) is 10.3 Å². The van der Waals surface area contributed by atoms with Crippen LogP contribution in [0, 0.1) is 0 Å². The topological polar surface area (TPSA) is 67.8 Å². The van der Waals surface area contributed by atoms with E-state index in [0.29, 0.717) is 0 Å². The molecule has 76 valence electrons. The number of aliphatic imine (C=N–C) groups is 1. The first kappa shape index (κ1) is 10.4. The highest BCUT2D eigenvalue weighted by Crippen LogP contribution is 2.08. The van der Waals surface area contributed by atoms with E-state index in [1.807, 2.05) is 0 Å². The molecule has 2 amide bonds. The van der Waals surface area contributed by atoms with Gasteiger partial charge >= 0.3 is 6.09 Å². The maximum absolute atomic E-state index is 11.2. The van der Waals surface area contributed by atoms with Gasteiger partial charge in [-0.3, -0.25) is 10.1 Å². The third kappa shape index (κ3) is 3.01. The summed E-state index contributed by atoms with van der Waals surface area (Å²) >= 11 is 0. The van der Waals surface area contributed by atoms with E-state index in [4.69, 9.17) is 4.74 Å². The number of rotatable bonds is 1. The largest absolute Gasteiger partial charge is 0.444 e. The second-order valence-electron chi connectivity index (χ2n) is 3.79. The smallest absolute Gasteiger partial charge is 0.412 e. The minimum Gasteiger partial charge on any atom is -0.444 e. The minimum absolute atomic E-state index is 0.138. The van der Waals surface area contributed by atoms with E-state index in [9.17, 15) is 9.59 Å². The first-order chi connectivity index (χ1) is 6.38. The Labute approximate surface area is 81.8 Å². The average Bonchev–Trinajstić information content (AvgIpc) is 2.32. The summed E-state index contributed by atoms with van der Waals surface area (Å²) in [5.74, 6) is -0.462. The molecule has 1 aliphatic rings. The molecule has 0 fully saturated rings. The summed E-state index contributed by atoms with van der Waals surface area (Å²) in [6.45, 7) is 5.23. The Morgan fingerprint density at radius 3 is 2.57 bits per heavy atom. The first-order valence-electron chi connectivity index (χ1n) is 4.17. The van der Waals surface area contributed by atoms with Crippen molar-refractivity contribution in [3.05, 3.63) is 11.8 Å². The van der Waals surface area contributed by atoms with Crippen LogP contribution in [-0.4, -0.2) is 23.8 Å². The predicted octanol–water partition coefficient (Wildman–Crippen LogP) is 1.01. The van der Waals surface area contributed by atoms with Crippen molar-refractivity contribution in [2.75, 3.05) is 0 Å². The molecule has 5 heteroatoms. The van der Waals surface area contributed by atoms with Crippen LogP contribution in [0.3, 0.4) is 0 Å². The predicted molar refractivity (Wildman–Crippen MR) is 51.0 cm³/mol. The number of carbonyl (C=O) groups is 2. The lowest BCUT2D eigenvalue weighted by Crippen LogP contribution is -2.33. The quantitative estimate of drug-likeness (QED) is 0.680. The van der Waals surface area contributed by atoms with Crippen LogP contribution >= 0.6 is 0 Å². The molecule has 5 nitrogen and oxygen atoms in total. The van der Waals surface area contributed by atoms with Gasteiger partial charge in [-0.25, -0.2) is 9.79 Å². The van der Waals surface area contributed by atoms with Gasteiger partial charge in [-0.2, -0.15) is 0 Å². The molecule has 1 N–H and O–H groups in total. The minimum atomic E-state index is -0.650. The monoisotopic (exact) mass is 196 g/mol. The lowest BCUT2D eigenvalue weighted by atomic mass is 10.2. The van der Waals surface area contributed by atoms with Crippen LogP contribution < -0.4 is 5.32 Å². The zero-order valence-corrected chi connectivity index (χ0v) is 8.33. The van der Waals surface area contributed by atoms with Gasteiger partial charge in [-0.15, -0.1) is 0 Å². The molecule has 0 bridgehead atoms. The zero-order valence-electron chi connectivity index (χ0n) is 8.33. The fourth-order valence-corrected chi connectivity index (χ4v) is 0.829. The van der Waals surface area contributed by atoms with Gasteiger partial charge in [-0.05, 0) is 26.8 Å². The van der Waals surface area contributed by atoms with Crippen LogP contribution in [-0.2, 0) is 9.53 Å². The molecule has 0 aromatic heterocycles. The third-order valence-corrected chi connectivity index (χ3v) is 1.30. The summed E-state index contributed by atoms with van der Waals surface area (Å²) in [5, 5.41) is 2.31. The number of nitrogens with one attached hydrogen (secondary N) is 1. The number of nitrogens with zero attached hydrogens (tertiary/aromatic N) is 1. The molecule has 0 spiro atoms. The van der Waals surface area contributed by atoms with Crippen LogP contribution in [0.2, 0.25) is 0 Å². The highest BCUT2D eigenvalue weighted by molar-refractivity contribution is 6.09. The Kier molecular flexibility index (Phi) is 2.69. The Morgan fingerprint density at radius 1 is 1.50 bits per heavy atom. The summed E-state index contributed by atoms with van der Waals surface area (Å²) in [4.78, 5) is 25.6. The van der Waals surface area contributed by atoms with Gasteiger partial charge in [0.1, 0.15) is 11.3 Å². The number of ether oxygens (including phenoxy) is 1. The van der Waals surface area contributed by atoms with Gasteiger partial charge in [0.25, 0.3) is 5.91 Å². The van der Waals surface area contributed by atoms with Crippen LogP contribution in [0.1, 0.15) is 20.8 Å². The van der Waals surface area contributed by atoms with Crippen LogP contribution in [0.4, 0.5) is 4.79 Å². The molecular formula is C9H12N2O3. The maximum atomic E-state index is 11.2. The van der Waals surface area contributed by atoms with E-state index in [0.717, 1.165) is 0 Å². The number of amides is 2. The Bertz CT molecular complexity index is 323. The summed E-state index contributed by atoms with van der Waals surface area (Å²) in [7, 11) is 0.